The SMILES string of the molecule is CCCCCCCCCCCCC(=O)N/N=C\c1ccncc1. The van der Waals surface area contributed by atoms with Gasteiger partial charge in [0.25, 0.3) is 0 Å². The molecule has 0 unspecified atom stereocenters. The lowest BCUT2D eigenvalue weighted by atomic mass is 10.1. The summed E-state index contributed by atoms with van der Waals surface area (Å²) in [6, 6.07) is 3.69. The van der Waals surface area contributed by atoms with Gasteiger partial charge in [-0.1, -0.05) is 64.7 Å². The van der Waals surface area contributed by atoms with Gasteiger partial charge in [-0.25, -0.2) is 5.43 Å². The van der Waals surface area contributed by atoms with Crippen LogP contribution in [0.25, 0.3) is 0 Å². The Morgan fingerprint density at radius 3 is 2.17 bits per heavy atom. The topological polar surface area (TPSA) is 54.4 Å². The third-order valence-electron chi connectivity index (χ3n) is 3.87. The van der Waals surface area contributed by atoms with Crippen molar-refractivity contribution in [3.8, 4) is 0 Å². The Bertz CT molecular complexity index is 432. The number of nitrogens with one attached hydrogen (secondary N) is 1. The van der Waals surface area contributed by atoms with E-state index in [1.54, 1.807) is 18.6 Å². The number of amides is 1. The molecule has 0 saturated heterocycles. The molecule has 4 heteroatoms. The number of hydrazone groups is 1. The van der Waals surface area contributed by atoms with E-state index in [9.17, 15) is 4.79 Å². The number of hydrogen-bond donors (Lipinski definition) is 1. The van der Waals surface area contributed by atoms with Crippen LogP contribution in [0.5, 0.6) is 0 Å². The van der Waals surface area contributed by atoms with Crippen molar-refractivity contribution in [2.24, 2.45) is 5.10 Å². The first-order chi connectivity index (χ1) is 11.3. The van der Waals surface area contributed by atoms with Crippen molar-refractivity contribution in [1.82, 2.24) is 10.4 Å². The van der Waals surface area contributed by atoms with Gasteiger partial charge in [0, 0.05) is 18.8 Å². The molecule has 1 N–H and O–H groups in total. The normalized spacial score (nSPS) is 11.0. The zero-order valence-corrected chi connectivity index (χ0v) is 14.5. The van der Waals surface area contributed by atoms with E-state index in [-0.39, 0.29) is 5.91 Å². The molecular formula is C19H31N3O. The highest BCUT2D eigenvalue weighted by Crippen LogP contribution is 2.11. The van der Waals surface area contributed by atoms with Crippen LogP contribution in [0.3, 0.4) is 0 Å². The Labute approximate surface area is 140 Å². The number of carbonyl (C=O) groups is 1. The Morgan fingerprint density at radius 1 is 1.00 bits per heavy atom. The molecule has 0 bridgehead atoms. The fourth-order valence-electron chi connectivity index (χ4n) is 2.46. The number of carbonyl (C=O) groups excluding carboxylic acids is 1. The van der Waals surface area contributed by atoms with E-state index in [4.69, 9.17) is 0 Å². The van der Waals surface area contributed by atoms with E-state index in [1.165, 1.54) is 51.4 Å². The summed E-state index contributed by atoms with van der Waals surface area (Å²) in [5.74, 6) is -0.00475. The van der Waals surface area contributed by atoms with E-state index >= 15 is 0 Å². The van der Waals surface area contributed by atoms with Crippen molar-refractivity contribution in [1.29, 1.82) is 0 Å². The number of nitrogens with zero attached hydrogens (tertiary/aromatic N) is 2. The molecule has 0 aromatic carbocycles. The zero-order valence-electron chi connectivity index (χ0n) is 14.5. The molecule has 128 valence electrons. The van der Waals surface area contributed by atoms with Gasteiger partial charge in [-0.05, 0) is 24.1 Å². The first kappa shape index (κ1) is 19.3. The highest BCUT2D eigenvalue weighted by molar-refractivity contribution is 5.82. The molecule has 1 heterocycles. The van der Waals surface area contributed by atoms with Gasteiger partial charge in [0.15, 0.2) is 0 Å². The molecule has 0 saturated carbocycles. The van der Waals surface area contributed by atoms with Crippen LogP contribution in [0.15, 0.2) is 29.6 Å². The Balaban J connectivity index is 1.91. The molecule has 1 amide bonds. The second-order valence-electron chi connectivity index (χ2n) is 6.01. The molecule has 1 aromatic rings. The summed E-state index contributed by atoms with van der Waals surface area (Å²) < 4.78 is 0. The van der Waals surface area contributed by atoms with Crippen LogP contribution in [0.1, 0.15) is 83.1 Å². The molecule has 0 radical (unpaired) electrons. The number of pyridine rings is 1. The Morgan fingerprint density at radius 2 is 1.57 bits per heavy atom. The van der Waals surface area contributed by atoms with Gasteiger partial charge in [0.05, 0.1) is 6.21 Å². The summed E-state index contributed by atoms with van der Waals surface area (Å²) in [7, 11) is 0. The van der Waals surface area contributed by atoms with Gasteiger partial charge in [0.1, 0.15) is 0 Å². The van der Waals surface area contributed by atoms with Gasteiger partial charge in [-0.2, -0.15) is 5.10 Å². The minimum absolute atomic E-state index is 0.00475. The predicted octanol–water partition coefficient (Wildman–Crippen LogP) is 4.84. The largest absolute Gasteiger partial charge is 0.273 e. The minimum Gasteiger partial charge on any atom is -0.273 e. The standard InChI is InChI=1S/C19H31N3O/c1-2-3-4-5-6-7-8-9-10-11-12-19(23)22-21-17-18-13-15-20-16-14-18/h13-17H,2-12H2,1H3,(H,22,23)/b21-17-. The summed E-state index contributed by atoms with van der Waals surface area (Å²) in [4.78, 5) is 15.6. The molecule has 23 heavy (non-hydrogen) atoms. The summed E-state index contributed by atoms with van der Waals surface area (Å²) in [6.07, 6.45) is 18.4. The molecule has 0 aliphatic heterocycles. The lowest BCUT2D eigenvalue weighted by Crippen LogP contribution is -2.16. The van der Waals surface area contributed by atoms with Crippen LogP contribution in [0.4, 0.5) is 0 Å². The van der Waals surface area contributed by atoms with Crippen molar-refractivity contribution in [2.45, 2.75) is 77.6 Å². The van der Waals surface area contributed by atoms with Crippen LogP contribution in [-0.2, 0) is 4.79 Å². The van der Waals surface area contributed by atoms with Gasteiger partial charge in [-0.3, -0.25) is 9.78 Å². The predicted molar refractivity (Wildman–Crippen MR) is 96.4 cm³/mol. The smallest absolute Gasteiger partial charge is 0.240 e. The second-order valence-corrected chi connectivity index (χ2v) is 6.01. The van der Waals surface area contributed by atoms with Gasteiger partial charge >= 0.3 is 0 Å². The van der Waals surface area contributed by atoms with Crippen LogP contribution >= 0.6 is 0 Å². The molecule has 0 aliphatic carbocycles. The van der Waals surface area contributed by atoms with Crippen LogP contribution in [0.2, 0.25) is 0 Å². The maximum Gasteiger partial charge on any atom is 0.240 e. The van der Waals surface area contributed by atoms with E-state index in [2.05, 4.69) is 22.4 Å². The Kier molecular flexibility index (Phi) is 11.7. The summed E-state index contributed by atoms with van der Waals surface area (Å²) in [5, 5.41) is 3.95. The number of rotatable bonds is 13. The molecule has 0 atom stereocenters. The van der Waals surface area contributed by atoms with E-state index in [0.29, 0.717) is 6.42 Å². The third kappa shape index (κ3) is 11.5. The van der Waals surface area contributed by atoms with E-state index in [1.807, 2.05) is 12.1 Å². The van der Waals surface area contributed by atoms with Crippen molar-refractivity contribution >= 4 is 12.1 Å². The lowest BCUT2D eigenvalue weighted by molar-refractivity contribution is -0.121. The fraction of sp³-hybridized carbons (Fsp3) is 0.632. The highest BCUT2D eigenvalue weighted by Gasteiger charge is 1.99. The summed E-state index contributed by atoms with van der Waals surface area (Å²) in [5.41, 5.74) is 3.50. The first-order valence-electron chi connectivity index (χ1n) is 9.05. The molecule has 1 aromatic heterocycles. The molecule has 0 spiro atoms. The fourth-order valence-corrected chi connectivity index (χ4v) is 2.46. The quantitative estimate of drug-likeness (QED) is 0.321. The van der Waals surface area contributed by atoms with E-state index in [0.717, 1.165) is 18.4 Å². The second kappa shape index (κ2) is 13.9. The zero-order chi connectivity index (χ0) is 16.6. The number of unbranched alkanes of at least 4 members (excludes halogenated alkanes) is 9. The van der Waals surface area contributed by atoms with E-state index < -0.39 is 0 Å². The van der Waals surface area contributed by atoms with Crippen LogP contribution in [0, 0.1) is 0 Å². The van der Waals surface area contributed by atoms with Crippen molar-refractivity contribution in [2.75, 3.05) is 0 Å². The molecule has 0 aliphatic rings. The Hall–Kier alpha value is -1.71. The number of aromatic nitrogens is 1. The molecule has 4 nitrogen and oxygen atoms in total. The van der Waals surface area contributed by atoms with Gasteiger partial charge in [-0.15, -0.1) is 0 Å². The molecular weight excluding hydrogens is 286 g/mol. The van der Waals surface area contributed by atoms with Crippen molar-refractivity contribution in [3.05, 3.63) is 30.1 Å². The minimum atomic E-state index is -0.00475. The monoisotopic (exact) mass is 317 g/mol. The lowest BCUT2D eigenvalue weighted by Gasteiger charge is -2.02. The maximum absolute atomic E-state index is 11.6. The average Bonchev–Trinajstić information content (AvgIpc) is 2.57. The van der Waals surface area contributed by atoms with Crippen molar-refractivity contribution in [3.63, 3.8) is 0 Å². The summed E-state index contributed by atoms with van der Waals surface area (Å²) in [6.45, 7) is 2.25. The third-order valence-corrected chi connectivity index (χ3v) is 3.87. The summed E-state index contributed by atoms with van der Waals surface area (Å²) >= 11 is 0. The number of hydrogen-bond acceptors (Lipinski definition) is 3. The molecule has 0 fully saturated rings. The van der Waals surface area contributed by atoms with Crippen LogP contribution < -0.4 is 5.43 Å². The average molecular weight is 317 g/mol. The first-order valence-corrected chi connectivity index (χ1v) is 9.05. The van der Waals surface area contributed by atoms with Crippen LogP contribution in [-0.4, -0.2) is 17.1 Å². The maximum atomic E-state index is 11.6. The van der Waals surface area contributed by atoms with Gasteiger partial charge in [0.2, 0.25) is 5.91 Å². The van der Waals surface area contributed by atoms with Crippen molar-refractivity contribution < 1.29 is 4.79 Å². The van der Waals surface area contributed by atoms with Gasteiger partial charge < -0.3 is 0 Å². The highest BCUT2D eigenvalue weighted by atomic mass is 16.2. The molecule has 1 rings (SSSR count).